The molecule has 0 spiro atoms. The average molecular weight is 440 g/mol. The molecule has 3 rings (SSSR count). The lowest BCUT2D eigenvalue weighted by molar-refractivity contribution is -0.137. The Kier molecular flexibility index (Phi) is 5.70. The van der Waals surface area contributed by atoms with Crippen LogP contribution in [0.1, 0.15) is 16.1 Å². The van der Waals surface area contributed by atoms with Gasteiger partial charge < -0.3 is 15.2 Å². The summed E-state index contributed by atoms with van der Waals surface area (Å²) in [5.74, 6) is -1.56. The second-order valence-corrected chi connectivity index (χ2v) is 6.35. The number of nitrogens with zero attached hydrogens (tertiary/aromatic N) is 2. The maximum Gasteiger partial charge on any atom is 0.416 e. The van der Waals surface area contributed by atoms with Gasteiger partial charge in [0.05, 0.1) is 23.4 Å². The van der Waals surface area contributed by atoms with E-state index in [0.29, 0.717) is 6.07 Å². The van der Waals surface area contributed by atoms with Gasteiger partial charge in [0.15, 0.2) is 11.4 Å². The quantitative estimate of drug-likeness (QED) is 0.643. The number of aromatic hydroxyl groups is 1. The molecule has 1 amide bonds. The van der Waals surface area contributed by atoms with Crippen molar-refractivity contribution in [2.24, 2.45) is 0 Å². The predicted octanol–water partition coefficient (Wildman–Crippen LogP) is 3.87. The first-order chi connectivity index (χ1) is 14.1. The molecule has 0 saturated carbocycles. The van der Waals surface area contributed by atoms with Crippen LogP contribution in [-0.4, -0.2) is 27.9 Å². The molecule has 0 bridgehead atoms. The maximum absolute atomic E-state index is 12.9. The van der Waals surface area contributed by atoms with Gasteiger partial charge in [-0.2, -0.15) is 23.0 Å². The summed E-state index contributed by atoms with van der Waals surface area (Å²) in [5.41, 5.74) is -2.54. The van der Waals surface area contributed by atoms with Crippen molar-refractivity contribution in [3.05, 3.63) is 75.2 Å². The molecule has 7 nitrogen and oxygen atoms in total. The minimum absolute atomic E-state index is 0.158. The normalized spacial score (nSPS) is 11.2. The van der Waals surface area contributed by atoms with E-state index >= 15 is 0 Å². The molecule has 0 unspecified atom stereocenters. The van der Waals surface area contributed by atoms with Gasteiger partial charge in [-0.15, -0.1) is 0 Å². The highest BCUT2D eigenvalue weighted by Crippen LogP contribution is 2.34. The van der Waals surface area contributed by atoms with Crippen molar-refractivity contribution in [1.29, 1.82) is 0 Å². The number of hydrogen-bond donors (Lipinski definition) is 2. The van der Waals surface area contributed by atoms with Crippen LogP contribution in [0.2, 0.25) is 5.02 Å². The van der Waals surface area contributed by atoms with Crippen LogP contribution in [0.3, 0.4) is 0 Å². The summed E-state index contributed by atoms with van der Waals surface area (Å²) in [4.78, 5) is 24.8. The first-order valence-electron chi connectivity index (χ1n) is 8.26. The van der Waals surface area contributed by atoms with Crippen LogP contribution in [0.25, 0.3) is 5.69 Å². The largest absolute Gasteiger partial charge is 0.505 e. The number of amides is 1. The van der Waals surface area contributed by atoms with E-state index in [9.17, 15) is 27.9 Å². The number of nitrogens with one attached hydrogen (secondary N) is 1. The minimum atomic E-state index is -4.65. The zero-order valence-electron chi connectivity index (χ0n) is 15.2. The number of benzene rings is 2. The van der Waals surface area contributed by atoms with E-state index < -0.39 is 34.6 Å². The zero-order chi connectivity index (χ0) is 22.1. The summed E-state index contributed by atoms with van der Waals surface area (Å²) in [7, 11) is 1.37. The van der Waals surface area contributed by atoms with E-state index in [4.69, 9.17) is 16.3 Å². The maximum atomic E-state index is 12.9. The van der Waals surface area contributed by atoms with Gasteiger partial charge in [-0.3, -0.25) is 9.59 Å². The zero-order valence-corrected chi connectivity index (χ0v) is 16.0. The molecule has 11 heteroatoms. The SMILES string of the molecule is COc1ccccc1-n1nc(C(=O)Nc2cc(C(F)(F)F)ccc2Cl)c(O)cc1=O. The number of carbonyl (C=O) groups excluding carboxylic acids is 1. The lowest BCUT2D eigenvalue weighted by Crippen LogP contribution is -2.25. The van der Waals surface area contributed by atoms with E-state index in [-0.39, 0.29) is 22.1 Å². The third-order valence-corrected chi connectivity index (χ3v) is 4.31. The minimum Gasteiger partial charge on any atom is -0.505 e. The summed E-state index contributed by atoms with van der Waals surface area (Å²) >= 11 is 5.87. The van der Waals surface area contributed by atoms with Crippen LogP contribution in [-0.2, 0) is 6.18 Å². The van der Waals surface area contributed by atoms with Crippen LogP contribution in [0.15, 0.2) is 53.3 Å². The Hall–Kier alpha value is -3.53. The fourth-order valence-electron chi connectivity index (χ4n) is 2.56. The van der Waals surface area contributed by atoms with Crippen molar-refractivity contribution in [3.63, 3.8) is 0 Å². The Morgan fingerprint density at radius 3 is 2.57 bits per heavy atom. The Morgan fingerprint density at radius 1 is 1.20 bits per heavy atom. The second-order valence-electron chi connectivity index (χ2n) is 5.95. The Balaban J connectivity index is 2.03. The number of carbonyl (C=O) groups is 1. The van der Waals surface area contributed by atoms with Crippen molar-refractivity contribution in [2.45, 2.75) is 6.18 Å². The Labute approximate surface area is 172 Å². The van der Waals surface area contributed by atoms with E-state index in [1.165, 1.54) is 13.2 Å². The van der Waals surface area contributed by atoms with Crippen molar-refractivity contribution < 1.29 is 27.8 Å². The van der Waals surface area contributed by atoms with Crippen molar-refractivity contribution in [1.82, 2.24) is 9.78 Å². The average Bonchev–Trinajstić information content (AvgIpc) is 2.68. The van der Waals surface area contributed by atoms with Crippen LogP contribution in [0.4, 0.5) is 18.9 Å². The summed E-state index contributed by atoms with van der Waals surface area (Å²) in [6, 6.07) is 9.43. The van der Waals surface area contributed by atoms with Crippen LogP contribution >= 0.6 is 11.6 Å². The first kappa shape index (κ1) is 21.2. The van der Waals surface area contributed by atoms with Gasteiger partial charge in [-0.25, -0.2) is 0 Å². The van der Waals surface area contributed by atoms with Gasteiger partial charge in [0.1, 0.15) is 11.4 Å². The number of para-hydroxylation sites is 2. The number of rotatable bonds is 4. The van der Waals surface area contributed by atoms with Crippen molar-refractivity contribution in [3.8, 4) is 17.2 Å². The molecule has 1 heterocycles. The molecule has 156 valence electrons. The summed E-state index contributed by atoms with van der Waals surface area (Å²) in [5, 5.41) is 15.9. The molecular weight excluding hydrogens is 427 g/mol. The molecule has 0 aliphatic heterocycles. The van der Waals surface area contributed by atoms with Gasteiger partial charge in [-0.1, -0.05) is 23.7 Å². The molecule has 0 atom stereocenters. The molecule has 2 aromatic carbocycles. The van der Waals surface area contributed by atoms with Gasteiger partial charge in [0, 0.05) is 6.07 Å². The number of aromatic nitrogens is 2. The number of alkyl halides is 3. The summed E-state index contributed by atoms with van der Waals surface area (Å²) in [6.45, 7) is 0. The number of hydrogen-bond acceptors (Lipinski definition) is 5. The highest BCUT2D eigenvalue weighted by atomic mass is 35.5. The second kappa shape index (κ2) is 8.07. The standard InChI is InChI=1S/C19H13ClF3N3O4/c1-30-15-5-3-2-4-13(15)26-16(28)9-14(27)17(25-26)18(29)24-12-8-10(19(21,22)23)6-7-11(12)20/h2-9,27H,1H3,(H,24,29). The van der Waals surface area contributed by atoms with E-state index in [1.807, 2.05) is 0 Å². The highest BCUT2D eigenvalue weighted by Gasteiger charge is 2.31. The van der Waals surface area contributed by atoms with Gasteiger partial charge in [0.2, 0.25) is 0 Å². The Morgan fingerprint density at radius 2 is 1.90 bits per heavy atom. The molecule has 1 aromatic heterocycles. The van der Waals surface area contributed by atoms with Crippen LogP contribution in [0, 0.1) is 0 Å². The third kappa shape index (κ3) is 4.23. The third-order valence-electron chi connectivity index (χ3n) is 3.98. The molecule has 3 aromatic rings. The van der Waals surface area contributed by atoms with Gasteiger partial charge in [-0.05, 0) is 30.3 Å². The number of halogens is 4. The smallest absolute Gasteiger partial charge is 0.416 e. The molecule has 0 aliphatic rings. The molecule has 2 N–H and O–H groups in total. The summed E-state index contributed by atoms with van der Waals surface area (Å²) in [6.07, 6.45) is -4.65. The predicted molar refractivity (Wildman–Crippen MR) is 102 cm³/mol. The fourth-order valence-corrected chi connectivity index (χ4v) is 2.73. The number of methoxy groups -OCH3 is 1. The molecule has 0 fully saturated rings. The highest BCUT2D eigenvalue weighted by molar-refractivity contribution is 6.34. The van der Waals surface area contributed by atoms with Crippen LogP contribution < -0.4 is 15.6 Å². The fraction of sp³-hybridized carbons (Fsp3) is 0.105. The molecule has 30 heavy (non-hydrogen) atoms. The van der Waals surface area contributed by atoms with E-state index in [1.54, 1.807) is 18.2 Å². The van der Waals surface area contributed by atoms with E-state index in [0.717, 1.165) is 22.9 Å². The summed E-state index contributed by atoms with van der Waals surface area (Å²) < 4.78 is 44.7. The van der Waals surface area contributed by atoms with Crippen molar-refractivity contribution in [2.75, 3.05) is 12.4 Å². The lowest BCUT2D eigenvalue weighted by Gasteiger charge is -2.13. The van der Waals surface area contributed by atoms with Gasteiger partial charge in [0.25, 0.3) is 11.5 Å². The van der Waals surface area contributed by atoms with Gasteiger partial charge >= 0.3 is 6.18 Å². The lowest BCUT2D eigenvalue weighted by atomic mass is 10.2. The first-order valence-corrected chi connectivity index (χ1v) is 8.64. The molecular formula is C19H13ClF3N3O4. The van der Waals surface area contributed by atoms with Crippen LogP contribution in [0.5, 0.6) is 11.5 Å². The number of ether oxygens (including phenoxy) is 1. The number of anilines is 1. The monoisotopic (exact) mass is 439 g/mol. The topological polar surface area (TPSA) is 93.5 Å². The molecule has 0 radical (unpaired) electrons. The molecule has 0 aliphatic carbocycles. The Bertz CT molecular complexity index is 1180. The van der Waals surface area contributed by atoms with Crippen molar-refractivity contribution >= 4 is 23.2 Å². The molecule has 0 saturated heterocycles. The van der Waals surface area contributed by atoms with E-state index in [2.05, 4.69) is 10.4 Å².